The van der Waals surface area contributed by atoms with Gasteiger partial charge in [0.15, 0.2) is 17.7 Å². The molecule has 2 aliphatic heterocycles. The number of rotatable bonds is 1. The highest BCUT2D eigenvalue weighted by Crippen LogP contribution is 2.33. The maximum absolute atomic E-state index is 12.1. The van der Waals surface area contributed by atoms with Crippen LogP contribution in [0.3, 0.4) is 0 Å². The number of hydrogen-bond donors (Lipinski definition) is 1. The first-order valence-corrected chi connectivity index (χ1v) is 5.37. The van der Waals surface area contributed by atoms with E-state index in [1.54, 1.807) is 18.1 Å². The fourth-order valence-corrected chi connectivity index (χ4v) is 2.03. The Morgan fingerprint density at radius 2 is 2.38 bits per heavy atom. The van der Waals surface area contributed by atoms with Crippen molar-refractivity contribution in [3.63, 3.8) is 0 Å². The number of fused-ring (bicyclic) bond motifs is 1. The minimum atomic E-state index is -0.358. The molecule has 0 radical (unpaired) electrons. The summed E-state index contributed by atoms with van der Waals surface area (Å²) in [6.07, 6.45) is 1.31. The summed E-state index contributed by atoms with van der Waals surface area (Å²) >= 11 is 0. The van der Waals surface area contributed by atoms with Gasteiger partial charge in [0.05, 0.1) is 0 Å². The number of carbonyl (C=O) groups excluding carboxylic acids is 1. The first kappa shape index (κ1) is 9.59. The van der Waals surface area contributed by atoms with Crippen molar-refractivity contribution in [2.75, 3.05) is 25.0 Å². The molecule has 0 bridgehead atoms. The quantitative estimate of drug-likeness (QED) is 0.723. The largest absolute Gasteiger partial charge is 0.476 e. The summed E-state index contributed by atoms with van der Waals surface area (Å²) in [5, 5.41) is 3.15. The molecule has 3 heterocycles. The Morgan fingerprint density at radius 1 is 1.56 bits per heavy atom. The van der Waals surface area contributed by atoms with Gasteiger partial charge in [0.1, 0.15) is 0 Å². The van der Waals surface area contributed by atoms with E-state index in [1.165, 1.54) is 0 Å². The first-order chi connectivity index (χ1) is 7.77. The van der Waals surface area contributed by atoms with Crippen LogP contribution < -0.4 is 15.0 Å². The lowest BCUT2D eigenvalue weighted by Crippen LogP contribution is -2.57. The fourth-order valence-electron chi connectivity index (χ4n) is 2.03. The molecule has 3 rings (SSSR count). The summed E-state index contributed by atoms with van der Waals surface area (Å²) in [5.41, 5.74) is 0. The van der Waals surface area contributed by atoms with Crippen molar-refractivity contribution >= 4 is 11.7 Å². The van der Waals surface area contributed by atoms with Crippen LogP contribution in [-0.4, -0.2) is 37.1 Å². The van der Waals surface area contributed by atoms with E-state index in [0.29, 0.717) is 11.6 Å². The van der Waals surface area contributed by atoms with E-state index in [2.05, 4.69) is 10.3 Å². The van der Waals surface area contributed by atoms with Crippen molar-refractivity contribution in [2.45, 2.75) is 6.10 Å². The van der Waals surface area contributed by atoms with E-state index in [9.17, 15) is 4.79 Å². The molecule has 1 amide bonds. The molecule has 0 aromatic carbocycles. The molecule has 1 unspecified atom stereocenters. The van der Waals surface area contributed by atoms with Crippen molar-refractivity contribution in [1.82, 2.24) is 10.3 Å². The minimum absolute atomic E-state index is 0.00213. The van der Waals surface area contributed by atoms with Gasteiger partial charge in [-0.05, 0) is 12.1 Å². The Kier molecular flexibility index (Phi) is 2.07. The number of carbonyl (C=O) groups is 1. The van der Waals surface area contributed by atoms with Crippen molar-refractivity contribution in [1.29, 1.82) is 0 Å². The number of anilines is 1. The molecular formula is C11H13N3O2. The van der Waals surface area contributed by atoms with Crippen LogP contribution in [0, 0.1) is 5.92 Å². The van der Waals surface area contributed by atoms with E-state index in [0.717, 1.165) is 13.1 Å². The third kappa shape index (κ3) is 1.28. The molecule has 5 heteroatoms. The van der Waals surface area contributed by atoms with E-state index in [1.807, 2.05) is 12.1 Å². The van der Waals surface area contributed by atoms with Gasteiger partial charge in [-0.15, -0.1) is 0 Å². The molecule has 0 aliphatic carbocycles. The zero-order valence-electron chi connectivity index (χ0n) is 9.01. The third-order valence-corrected chi connectivity index (χ3v) is 3.14. The molecule has 1 saturated heterocycles. The second kappa shape index (κ2) is 3.45. The third-order valence-electron chi connectivity index (χ3n) is 3.14. The van der Waals surface area contributed by atoms with Crippen molar-refractivity contribution in [3.8, 4) is 5.75 Å². The molecule has 0 saturated carbocycles. The van der Waals surface area contributed by atoms with Crippen LogP contribution in [0.15, 0.2) is 18.3 Å². The average Bonchev–Trinajstić information content (AvgIpc) is 2.23. The molecule has 1 aromatic heterocycles. The standard InChI is InChI=1S/C11H13N3O2/c1-14-10-8(3-2-4-13-10)16-9(11(14)15)7-5-12-6-7/h2-4,7,9,12H,5-6H2,1H3. The lowest BCUT2D eigenvalue weighted by molar-refractivity contribution is -0.129. The van der Waals surface area contributed by atoms with Gasteiger partial charge < -0.3 is 10.1 Å². The van der Waals surface area contributed by atoms with Crippen LogP contribution in [0.5, 0.6) is 5.75 Å². The van der Waals surface area contributed by atoms with E-state index >= 15 is 0 Å². The lowest BCUT2D eigenvalue weighted by atomic mass is 9.94. The Hall–Kier alpha value is -1.62. The van der Waals surface area contributed by atoms with Crippen LogP contribution in [0.4, 0.5) is 5.82 Å². The first-order valence-electron chi connectivity index (χ1n) is 5.37. The predicted molar refractivity (Wildman–Crippen MR) is 58.4 cm³/mol. The Labute approximate surface area is 93.4 Å². The Morgan fingerprint density at radius 3 is 3.06 bits per heavy atom. The highest BCUT2D eigenvalue weighted by Gasteiger charge is 2.40. The fraction of sp³-hybridized carbons (Fsp3) is 0.455. The Bertz CT molecular complexity index is 431. The van der Waals surface area contributed by atoms with Crippen LogP contribution in [0.2, 0.25) is 0 Å². The van der Waals surface area contributed by atoms with E-state index in [4.69, 9.17) is 4.74 Å². The molecule has 2 aliphatic rings. The molecule has 1 fully saturated rings. The number of likely N-dealkylation sites (N-methyl/N-ethyl adjacent to an activating group) is 1. The number of hydrogen-bond acceptors (Lipinski definition) is 4. The van der Waals surface area contributed by atoms with Crippen LogP contribution in [-0.2, 0) is 4.79 Å². The average molecular weight is 219 g/mol. The van der Waals surface area contributed by atoms with E-state index < -0.39 is 0 Å². The molecule has 0 spiro atoms. The van der Waals surface area contributed by atoms with Crippen LogP contribution >= 0.6 is 0 Å². The summed E-state index contributed by atoms with van der Waals surface area (Å²) in [4.78, 5) is 17.8. The van der Waals surface area contributed by atoms with Crippen molar-refractivity contribution in [3.05, 3.63) is 18.3 Å². The van der Waals surface area contributed by atoms with Crippen molar-refractivity contribution in [2.24, 2.45) is 5.92 Å². The normalized spacial score (nSPS) is 24.7. The van der Waals surface area contributed by atoms with Crippen LogP contribution in [0.25, 0.3) is 0 Å². The number of nitrogens with one attached hydrogen (secondary N) is 1. The SMILES string of the molecule is CN1C(=O)C(C2CNC2)Oc2cccnc21. The monoisotopic (exact) mass is 219 g/mol. The zero-order valence-corrected chi connectivity index (χ0v) is 9.01. The van der Waals surface area contributed by atoms with Gasteiger partial charge in [-0.25, -0.2) is 4.98 Å². The smallest absolute Gasteiger partial charge is 0.269 e. The number of ether oxygens (including phenoxy) is 1. The molecular weight excluding hydrogens is 206 g/mol. The summed E-state index contributed by atoms with van der Waals surface area (Å²) in [7, 11) is 1.75. The minimum Gasteiger partial charge on any atom is -0.476 e. The molecule has 1 atom stereocenters. The summed E-state index contributed by atoms with van der Waals surface area (Å²) in [6, 6.07) is 3.67. The second-order valence-corrected chi connectivity index (χ2v) is 4.18. The summed E-state index contributed by atoms with van der Waals surface area (Å²) in [6.45, 7) is 1.69. The van der Waals surface area contributed by atoms with Gasteiger partial charge >= 0.3 is 0 Å². The second-order valence-electron chi connectivity index (χ2n) is 4.18. The van der Waals surface area contributed by atoms with Gasteiger partial charge in [-0.1, -0.05) is 0 Å². The van der Waals surface area contributed by atoms with Gasteiger partial charge in [0.25, 0.3) is 5.91 Å². The lowest BCUT2D eigenvalue weighted by Gasteiger charge is -2.38. The summed E-state index contributed by atoms with van der Waals surface area (Å²) < 4.78 is 5.72. The molecule has 1 aromatic rings. The molecule has 5 nitrogen and oxygen atoms in total. The topological polar surface area (TPSA) is 54.5 Å². The van der Waals surface area contributed by atoms with Gasteiger partial charge in [0, 0.05) is 32.3 Å². The number of pyridine rings is 1. The molecule has 1 N–H and O–H groups in total. The van der Waals surface area contributed by atoms with Gasteiger partial charge in [0.2, 0.25) is 0 Å². The van der Waals surface area contributed by atoms with E-state index in [-0.39, 0.29) is 17.9 Å². The van der Waals surface area contributed by atoms with Crippen LogP contribution in [0.1, 0.15) is 0 Å². The summed E-state index contributed by atoms with van der Waals surface area (Å²) in [5.74, 6) is 1.58. The highest BCUT2D eigenvalue weighted by atomic mass is 16.5. The molecule has 16 heavy (non-hydrogen) atoms. The molecule has 84 valence electrons. The van der Waals surface area contributed by atoms with Crippen molar-refractivity contribution < 1.29 is 9.53 Å². The zero-order chi connectivity index (χ0) is 11.1. The maximum atomic E-state index is 12.1. The van der Waals surface area contributed by atoms with Gasteiger partial charge in [-0.3, -0.25) is 9.69 Å². The highest BCUT2D eigenvalue weighted by molar-refractivity contribution is 5.98. The Balaban J connectivity index is 1.95. The maximum Gasteiger partial charge on any atom is 0.269 e. The number of amides is 1. The number of nitrogens with zero attached hydrogens (tertiary/aromatic N) is 2. The predicted octanol–water partition coefficient (Wildman–Crippen LogP) is 0.0248. The number of aromatic nitrogens is 1. The van der Waals surface area contributed by atoms with Gasteiger partial charge in [-0.2, -0.15) is 0 Å².